The highest BCUT2D eigenvalue weighted by atomic mass is 35.5. The second kappa shape index (κ2) is 8.19. The van der Waals surface area contributed by atoms with Crippen LogP contribution in [0.15, 0.2) is 82.6 Å². The second-order valence-electron chi connectivity index (χ2n) is 6.82. The maximum atomic E-state index is 12.6. The number of halogens is 2. The fourth-order valence-corrected chi connectivity index (χ4v) is 4.38. The minimum Gasteiger partial charge on any atom is -0.451 e. The summed E-state index contributed by atoms with van der Waals surface area (Å²) in [6.45, 7) is 0. The normalized spacial score (nSPS) is 11.0. The number of carbonyl (C=O) groups is 1. The molecule has 4 nitrogen and oxygen atoms in total. The molecule has 2 heterocycles. The Hall–Kier alpha value is -3.12. The summed E-state index contributed by atoms with van der Waals surface area (Å²) in [4.78, 5) is 17.2. The monoisotopic (exact) mass is 464 g/mol. The molecule has 2 aromatic heterocycles. The van der Waals surface area contributed by atoms with Crippen LogP contribution in [0.3, 0.4) is 0 Å². The van der Waals surface area contributed by atoms with Crippen LogP contribution in [0.4, 0.5) is 5.13 Å². The number of aromatic nitrogens is 1. The number of furan rings is 1. The first-order chi connectivity index (χ1) is 15.1. The molecular formula is C24H14Cl2N2O2S. The van der Waals surface area contributed by atoms with Crippen LogP contribution in [0.25, 0.3) is 33.4 Å². The lowest BCUT2D eigenvalue weighted by Crippen LogP contribution is -2.10. The van der Waals surface area contributed by atoms with E-state index in [1.807, 2.05) is 23.6 Å². The number of hydrogen-bond donors (Lipinski definition) is 1. The van der Waals surface area contributed by atoms with Gasteiger partial charge in [0.15, 0.2) is 10.9 Å². The van der Waals surface area contributed by atoms with Crippen LogP contribution in [0.1, 0.15) is 10.6 Å². The van der Waals surface area contributed by atoms with Gasteiger partial charge in [0, 0.05) is 16.5 Å². The fourth-order valence-electron chi connectivity index (χ4n) is 3.27. The molecule has 1 amide bonds. The highest BCUT2D eigenvalue weighted by Gasteiger charge is 2.16. The van der Waals surface area contributed by atoms with E-state index in [0.717, 1.165) is 16.6 Å². The van der Waals surface area contributed by atoms with E-state index in [1.165, 1.54) is 16.7 Å². The minimum absolute atomic E-state index is 0.161. The van der Waals surface area contributed by atoms with Crippen LogP contribution in [-0.2, 0) is 0 Å². The van der Waals surface area contributed by atoms with Crippen molar-refractivity contribution >= 4 is 56.3 Å². The van der Waals surface area contributed by atoms with Crippen molar-refractivity contribution in [1.82, 2.24) is 4.98 Å². The number of benzene rings is 3. The average molecular weight is 465 g/mol. The quantitative estimate of drug-likeness (QED) is 0.295. The Kier molecular flexibility index (Phi) is 5.24. The van der Waals surface area contributed by atoms with Crippen LogP contribution >= 0.6 is 34.5 Å². The van der Waals surface area contributed by atoms with Crippen molar-refractivity contribution < 1.29 is 9.21 Å². The van der Waals surface area contributed by atoms with Crippen LogP contribution in [0.5, 0.6) is 0 Å². The first-order valence-corrected chi connectivity index (χ1v) is 11.0. The lowest BCUT2D eigenvalue weighted by atomic mass is 10.1. The molecule has 31 heavy (non-hydrogen) atoms. The van der Waals surface area contributed by atoms with E-state index in [2.05, 4.69) is 34.6 Å². The van der Waals surface area contributed by atoms with Crippen LogP contribution in [0, 0.1) is 0 Å². The Labute approximate surface area is 192 Å². The van der Waals surface area contributed by atoms with Crippen LogP contribution in [0.2, 0.25) is 10.0 Å². The van der Waals surface area contributed by atoms with Crippen LogP contribution in [-0.4, -0.2) is 10.9 Å². The van der Waals surface area contributed by atoms with E-state index < -0.39 is 0 Å². The maximum Gasteiger partial charge on any atom is 0.293 e. The highest BCUT2D eigenvalue weighted by Crippen LogP contribution is 2.34. The number of rotatable bonds is 4. The number of nitrogens with one attached hydrogen (secondary N) is 1. The molecule has 0 fully saturated rings. The highest BCUT2D eigenvalue weighted by molar-refractivity contribution is 7.14. The molecule has 0 atom stereocenters. The molecule has 0 spiro atoms. The number of amides is 1. The average Bonchev–Trinajstić information content (AvgIpc) is 3.45. The molecule has 5 rings (SSSR count). The zero-order valence-electron chi connectivity index (χ0n) is 15.9. The number of carbonyl (C=O) groups excluding carboxylic acids is 1. The van der Waals surface area contributed by atoms with Gasteiger partial charge in [-0.3, -0.25) is 10.1 Å². The summed E-state index contributed by atoms with van der Waals surface area (Å²) in [6, 6.07) is 22.9. The summed E-state index contributed by atoms with van der Waals surface area (Å²) in [5, 5.41) is 8.31. The molecule has 0 aliphatic rings. The first kappa shape index (κ1) is 19.8. The smallest absolute Gasteiger partial charge is 0.293 e. The summed E-state index contributed by atoms with van der Waals surface area (Å²) in [5.74, 6) is 0.242. The standard InChI is InChI=1S/C24H14Cl2N2O2S/c25-18-7-3-6-17(22(18)26)20-10-11-21(30-20)23(29)28-24-27-19(13-31-24)16-9-8-14-4-1-2-5-15(14)12-16/h1-13H,(H,27,28,29). The molecule has 5 aromatic rings. The third kappa shape index (κ3) is 3.95. The Morgan fingerprint density at radius 2 is 1.77 bits per heavy atom. The van der Waals surface area contributed by atoms with Crippen molar-refractivity contribution in [2.75, 3.05) is 5.32 Å². The van der Waals surface area contributed by atoms with Gasteiger partial charge in [-0.2, -0.15) is 0 Å². The van der Waals surface area contributed by atoms with Gasteiger partial charge in [-0.1, -0.05) is 65.7 Å². The second-order valence-corrected chi connectivity index (χ2v) is 8.46. The van der Waals surface area contributed by atoms with Crippen molar-refractivity contribution in [2.45, 2.75) is 0 Å². The largest absolute Gasteiger partial charge is 0.451 e. The minimum atomic E-state index is -0.385. The van der Waals surface area contributed by atoms with E-state index in [1.54, 1.807) is 30.3 Å². The number of hydrogen-bond acceptors (Lipinski definition) is 4. The van der Waals surface area contributed by atoms with Gasteiger partial charge in [0.25, 0.3) is 5.91 Å². The van der Waals surface area contributed by atoms with Gasteiger partial charge in [-0.15, -0.1) is 11.3 Å². The molecule has 0 aliphatic carbocycles. The van der Waals surface area contributed by atoms with Crippen molar-refractivity contribution in [3.63, 3.8) is 0 Å². The number of anilines is 1. The lowest BCUT2D eigenvalue weighted by Gasteiger charge is -2.03. The third-order valence-electron chi connectivity index (χ3n) is 4.82. The molecule has 0 saturated carbocycles. The molecule has 0 radical (unpaired) electrons. The topological polar surface area (TPSA) is 55.1 Å². The summed E-state index contributed by atoms with van der Waals surface area (Å²) in [6.07, 6.45) is 0. The Balaban J connectivity index is 1.35. The Morgan fingerprint density at radius 1 is 0.935 bits per heavy atom. The molecule has 0 bridgehead atoms. The predicted molar refractivity (Wildman–Crippen MR) is 127 cm³/mol. The third-order valence-corrected chi connectivity index (χ3v) is 6.39. The zero-order valence-corrected chi connectivity index (χ0v) is 18.3. The van der Waals surface area contributed by atoms with Crippen LogP contribution < -0.4 is 5.32 Å². The Morgan fingerprint density at radius 3 is 2.65 bits per heavy atom. The van der Waals surface area contributed by atoms with Gasteiger partial charge in [0.2, 0.25) is 0 Å². The molecule has 0 aliphatic heterocycles. The summed E-state index contributed by atoms with van der Waals surface area (Å²) in [5.41, 5.74) is 2.42. The summed E-state index contributed by atoms with van der Waals surface area (Å²) in [7, 11) is 0. The SMILES string of the molecule is O=C(Nc1nc(-c2ccc3ccccc3c2)cs1)c1ccc(-c2cccc(Cl)c2Cl)o1. The van der Waals surface area contributed by atoms with E-state index in [4.69, 9.17) is 27.6 Å². The van der Waals surface area contributed by atoms with Gasteiger partial charge in [-0.05, 0) is 41.1 Å². The van der Waals surface area contributed by atoms with Crippen molar-refractivity contribution in [1.29, 1.82) is 0 Å². The van der Waals surface area contributed by atoms with E-state index in [9.17, 15) is 4.79 Å². The predicted octanol–water partition coefficient (Wildman–Crippen LogP) is 7.78. The molecule has 152 valence electrons. The first-order valence-electron chi connectivity index (χ1n) is 9.39. The maximum absolute atomic E-state index is 12.6. The van der Waals surface area contributed by atoms with Gasteiger partial charge < -0.3 is 4.42 Å². The van der Waals surface area contributed by atoms with E-state index >= 15 is 0 Å². The van der Waals surface area contributed by atoms with Crippen molar-refractivity contribution in [3.05, 3.63) is 94.0 Å². The lowest BCUT2D eigenvalue weighted by molar-refractivity contribution is 0.0997. The fraction of sp³-hybridized carbons (Fsp3) is 0. The zero-order chi connectivity index (χ0) is 21.4. The van der Waals surface area contributed by atoms with Gasteiger partial charge in [0.05, 0.1) is 15.7 Å². The van der Waals surface area contributed by atoms with Gasteiger partial charge in [0.1, 0.15) is 5.76 Å². The molecular weight excluding hydrogens is 451 g/mol. The molecule has 0 saturated heterocycles. The van der Waals surface area contributed by atoms with Gasteiger partial charge >= 0.3 is 0 Å². The van der Waals surface area contributed by atoms with Gasteiger partial charge in [-0.25, -0.2) is 4.98 Å². The van der Waals surface area contributed by atoms with Crippen molar-refractivity contribution in [3.8, 4) is 22.6 Å². The molecule has 3 aromatic carbocycles. The molecule has 1 N–H and O–H groups in total. The van der Waals surface area contributed by atoms with E-state index in [0.29, 0.717) is 26.5 Å². The Bertz CT molecular complexity index is 1420. The summed E-state index contributed by atoms with van der Waals surface area (Å²) >= 11 is 13.7. The number of fused-ring (bicyclic) bond motifs is 1. The number of nitrogens with zero attached hydrogens (tertiary/aromatic N) is 1. The molecule has 7 heteroatoms. The molecule has 0 unspecified atom stereocenters. The summed E-state index contributed by atoms with van der Waals surface area (Å²) < 4.78 is 5.70. The van der Waals surface area contributed by atoms with Crippen molar-refractivity contribution in [2.24, 2.45) is 0 Å². The number of thiazole rings is 1. The van der Waals surface area contributed by atoms with E-state index in [-0.39, 0.29) is 11.7 Å².